The van der Waals surface area contributed by atoms with E-state index in [1.807, 2.05) is 0 Å². The monoisotopic (exact) mass is 299 g/mol. The van der Waals surface area contributed by atoms with Gasteiger partial charge in [0.1, 0.15) is 5.58 Å². The van der Waals surface area contributed by atoms with Crippen LogP contribution in [0.5, 0.6) is 0 Å². The Labute approximate surface area is 132 Å². The van der Waals surface area contributed by atoms with E-state index in [0.29, 0.717) is 12.3 Å². The van der Waals surface area contributed by atoms with Crippen molar-refractivity contribution in [1.29, 1.82) is 0 Å². The van der Waals surface area contributed by atoms with Crippen LogP contribution >= 0.6 is 0 Å². The Morgan fingerprint density at radius 1 is 1.23 bits per heavy atom. The Hall–Kier alpha value is -1.77. The Morgan fingerprint density at radius 2 is 2.00 bits per heavy atom. The van der Waals surface area contributed by atoms with Crippen LogP contribution in [0.15, 0.2) is 22.8 Å². The maximum atomic E-state index is 12.2. The summed E-state index contributed by atoms with van der Waals surface area (Å²) in [5.41, 5.74) is 4.27. The van der Waals surface area contributed by atoms with Gasteiger partial charge in [-0.3, -0.25) is 4.79 Å². The molecular formula is C19H25NO2. The number of rotatable bonds is 4. The van der Waals surface area contributed by atoms with Crippen molar-refractivity contribution < 1.29 is 9.21 Å². The van der Waals surface area contributed by atoms with Crippen LogP contribution in [-0.2, 0) is 11.2 Å². The highest BCUT2D eigenvalue weighted by atomic mass is 16.3. The van der Waals surface area contributed by atoms with E-state index in [-0.39, 0.29) is 5.91 Å². The van der Waals surface area contributed by atoms with Crippen molar-refractivity contribution in [2.24, 2.45) is 5.92 Å². The van der Waals surface area contributed by atoms with Crippen molar-refractivity contribution in [3.05, 3.63) is 35.1 Å². The van der Waals surface area contributed by atoms with Gasteiger partial charge in [-0.25, -0.2) is 0 Å². The topological polar surface area (TPSA) is 42.2 Å². The molecule has 1 amide bonds. The molecule has 1 heterocycles. The van der Waals surface area contributed by atoms with E-state index in [0.717, 1.165) is 28.6 Å². The van der Waals surface area contributed by atoms with Crippen molar-refractivity contribution in [3.8, 4) is 0 Å². The third-order valence-electron chi connectivity index (χ3n) is 5.01. The first kappa shape index (κ1) is 15.1. The summed E-state index contributed by atoms with van der Waals surface area (Å²) < 4.78 is 5.68. The number of hydrogen-bond acceptors (Lipinski definition) is 2. The molecule has 2 aromatic rings. The summed E-state index contributed by atoms with van der Waals surface area (Å²) in [7, 11) is 0. The van der Waals surface area contributed by atoms with E-state index in [9.17, 15) is 4.79 Å². The van der Waals surface area contributed by atoms with E-state index in [4.69, 9.17) is 4.42 Å². The number of carbonyl (C=O) groups is 1. The van der Waals surface area contributed by atoms with Gasteiger partial charge in [-0.15, -0.1) is 0 Å². The van der Waals surface area contributed by atoms with Crippen LogP contribution in [0, 0.1) is 19.8 Å². The minimum absolute atomic E-state index is 0.103. The molecular weight excluding hydrogens is 274 g/mol. The number of furan rings is 1. The van der Waals surface area contributed by atoms with Gasteiger partial charge in [0, 0.05) is 17.5 Å². The van der Waals surface area contributed by atoms with Crippen molar-refractivity contribution in [2.45, 2.75) is 52.4 Å². The SMILES string of the molecule is Cc1ccc2c(CC(=O)NCC3CCCCC3)coc2c1C. The number of benzene rings is 1. The average Bonchev–Trinajstić information content (AvgIpc) is 2.93. The van der Waals surface area contributed by atoms with Crippen LogP contribution in [0.2, 0.25) is 0 Å². The Morgan fingerprint density at radius 3 is 2.77 bits per heavy atom. The Bertz CT molecular complexity index is 665. The number of hydrogen-bond donors (Lipinski definition) is 1. The molecule has 0 saturated heterocycles. The number of amides is 1. The number of aryl methyl sites for hydroxylation is 2. The number of nitrogens with one attached hydrogen (secondary N) is 1. The second-order valence-electron chi connectivity index (χ2n) is 6.63. The quantitative estimate of drug-likeness (QED) is 0.915. The van der Waals surface area contributed by atoms with Gasteiger partial charge in [-0.05, 0) is 43.7 Å². The molecule has 0 atom stereocenters. The predicted octanol–water partition coefficient (Wildman–Crippen LogP) is 4.29. The van der Waals surface area contributed by atoms with Gasteiger partial charge in [0.15, 0.2) is 0 Å². The van der Waals surface area contributed by atoms with Crippen molar-refractivity contribution in [1.82, 2.24) is 5.32 Å². The van der Waals surface area contributed by atoms with Crippen LogP contribution in [0.25, 0.3) is 11.0 Å². The summed E-state index contributed by atoms with van der Waals surface area (Å²) in [5.74, 6) is 0.773. The standard InChI is InChI=1S/C19H25NO2/c1-13-8-9-17-16(12-22-19(17)14(13)2)10-18(21)20-11-15-6-4-3-5-7-15/h8-9,12,15H,3-7,10-11H2,1-2H3,(H,20,21). The fourth-order valence-corrected chi connectivity index (χ4v) is 3.41. The minimum Gasteiger partial charge on any atom is -0.464 e. The van der Waals surface area contributed by atoms with Crippen LogP contribution in [0.3, 0.4) is 0 Å². The molecule has 0 bridgehead atoms. The summed E-state index contributed by atoms with van der Waals surface area (Å²) in [6.07, 6.45) is 8.63. The highest BCUT2D eigenvalue weighted by Gasteiger charge is 2.16. The Kier molecular flexibility index (Phi) is 4.51. The fraction of sp³-hybridized carbons (Fsp3) is 0.526. The van der Waals surface area contributed by atoms with Crippen LogP contribution in [0.4, 0.5) is 0 Å². The number of carbonyl (C=O) groups excluding carboxylic acids is 1. The van der Waals surface area contributed by atoms with Gasteiger partial charge in [-0.1, -0.05) is 31.4 Å². The molecule has 0 radical (unpaired) electrons. The fourth-order valence-electron chi connectivity index (χ4n) is 3.41. The maximum Gasteiger partial charge on any atom is 0.224 e. The normalized spacial score (nSPS) is 16.1. The molecule has 0 aliphatic heterocycles. The van der Waals surface area contributed by atoms with E-state index >= 15 is 0 Å². The lowest BCUT2D eigenvalue weighted by molar-refractivity contribution is -0.120. The summed E-state index contributed by atoms with van der Waals surface area (Å²) in [4.78, 5) is 12.2. The van der Waals surface area contributed by atoms with E-state index in [1.165, 1.54) is 37.7 Å². The van der Waals surface area contributed by atoms with Gasteiger partial charge in [0.25, 0.3) is 0 Å². The molecule has 1 saturated carbocycles. The van der Waals surface area contributed by atoms with Gasteiger partial charge < -0.3 is 9.73 Å². The molecule has 1 fully saturated rings. The first-order valence-corrected chi connectivity index (χ1v) is 8.38. The zero-order chi connectivity index (χ0) is 15.5. The van der Waals surface area contributed by atoms with Crippen molar-refractivity contribution in [3.63, 3.8) is 0 Å². The number of fused-ring (bicyclic) bond motifs is 1. The smallest absolute Gasteiger partial charge is 0.224 e. The first-order chi connectivity index (χ1) is 10.6. The van der Waals surface area contributed by atoms with E-state index in [2.05, 4.69) is 31.3 Å². The molecule has 1 aromatic heterocycles. The van der Waals surface area contributed by atoms with Gasteiger partial charge in [-0.2, -0.15) is 0 Å². The van der Waals surface area contributed by atoms with Gasteiger partial charge in [0.2, 0.25) is 5.91 Å². The summed E-state index contributed by atoms with van der Waals surface area (Å²) >= 11 is 0. The van der Waals surface area contributed by atoms with Crippen LogP contribution in [0.1, 0.15) is 48.8 Å². The molecule has 3 nitrogen and oxygen atoms in total. The minimum atomic E-state index is 0.103. The lowest BCUT2D eigenvalue weighted by atomic mass is 9.89. The molecule has 1 aliphatic carbocycles. The first-order valence-electron chi connectivity index (χ1n) is 8.38. The van der Waals surface area contributed by atoms with Crippen LogP contribution in [-0.4, -0.2) is 12.5 Å². The highest BCUT2D eigenvalue weighted by molar-refractivity contribution is 5.89. The molecule has 1 aromatic carbocycles. The summed E-state index contributed by atoms with van der Waals surface area (Å²) in [5, 5.41) is 4.17. The predicted molar refractivity (Wildman–Crippen MR) is 89.0 cm³/mol. The average molecular weight is 299 g/mol. The van der Waals surface area contributed by atoms with Crippen molar-refractivity contribution in [2.75, 3.05) is 6.54 Å². The van der Waals surface area contributed by atoms with Gasteiger partial charge in [0.05, 0.1) is 12.7 Å². The lowest BCUT2D eigenvalue weighted by Crippen LogP contribution is -2.31. The molecule has 3 heteroatoms. The van der Waals surface area contributed by atoms with Gasteiger partial charge >= 0.3 is 0 Å². The zero-order valence-electron chi connectivity index (χ0n) is 13.6. The zero-order valence-corrected chi connectivity index (χ0v) is 13.6. The molecule has 0 spiro atoms. The Balaban J connectivity index is 1.63. The third-order valence-corrected chi connectivity index (χ3v) is 5.01. The molecule has 3 rings (SSSR count). The second-order valence-corrected chi connectivity index (χ2v) is 6.63. The third kappa shape index (κ3) is 3.18. The maximum absolute atomic E-state index is 12.2. The molecule has 0 unspecified atom stereocenters. The highest BCUT2D eigenvalue weighted by Crippen LogP contribution is 2.27. The largest absolute Gasteiger partial charge is 0.464 e. The summed E-state index contributed by atoms with van der Waals surface area (Å²) in [6, 6.07) is 4.15. The summed E-state index contributed by atoms with van der Waals surface area (Å²) in [6.45, 7) is 4.97. The molecule has 1 N–H and O–H groups in total. The van der Waals surface area contributed by atoms with E-state index in [1.54, 1.807) is 6.26 Å². The van der Waals surface area contributed by atoms with E-state index < -0.39 is 0 Å². The lowest BCUT2D eigenvalue weighted by Gasteiger charge is -2.21. The van der Waals surface area contributed by atoms with Crippen molar-refractivity contribution >= 4 is 16.9 Å². The molecule has 22 heavy (non-hydrogen) atoms. The molecule has 118 valence electrons. The van der Waals surface area contributed by atoms with Crippen LogP contribution < -0.4 is 5.32 Å². The molecule has 1 aliphatic rings. The second kappa shape index (κ2) is 6.55.